The molecule has 1 heterocycles. The van der Waals surface area contributed by atoms with Crippen LogP contribution in [0.3, 0.4) is 0 Å². The third kappa shape index (κ3) is 5.64. The molecule has 2 N–H and O–H groups in total. The van der Waals surface area contributed by atoms with E-state index in [0.29, 0.717) is 26.3 Å². The van der Waals surface area contributed by atoms with Crippen LogP contribution < -0.4 is 20.1 Å². The number of carbonyl (C=O) groups is 4. The van der Waals surface area contributed by atoms with E-state index in [9.17, 15) is 19.2 Å². The van der Waals surface area contributed by atoms with Crippen molar-refractivity contribution in [3.05, 3.63) is 57.2 Å². The molecule has 35 heavy (non-hydrogen) atoms. The van der Waals surface area contributed by atoms with E-state index in [1.807, 2.05) is 40.8 Å². The number of amides is 5. The molecule has 0 bridgehead atoms. The molecule has 2 aromatic rings. The highest BCUT2D eigenvalue weighted by molar-refractivity contribution is 14.1. The second kappa shape index (κ2) is 10.9. The lowest BCUT2D eigenvalue weighted by molar-refractivity contribution is -0.131. The van der Waals surface area contributed by atoms with Crippen molar-refractivity contribution < 1.29 is 28.7 Å². The monoisotopic (exact) mass is 589 g/mol. The topological polar surface area (TPSA) is 114 Å². The maximum atomic E-state index is 13.0. The molecule has 10 heteroatoms. The first kappa shape index (κ1) is 24.7. The van der Waals surface area contributed by atoms with Crippen molar-refractivity contribution in [3.8, 4) is 11.5 Å². The lowest BCUT2D eigenvalue weighted by Crippen LogP contribution is -2.57. The van der Waals surface area contributed by atoms with Crippen LogP contribution in [0.15, 0.2) is 48.0 Å². The van der Waals surface area contributed by atoms with E-state index in [2.05, 4.69) is 10.6 Å². The molecule has 2 aromatic carbocycles. The fourth-order valence-corrected chi connectivity index (χ4v) is 4.93. The van der Waals surface area contributed by atoms with Crippen LogP contribution >= 0.6 is 22.6 Å². The summed E-state index contributed by atoms with van der Waals surface area (Å²) < 4.78 is 11.8. The van der Waals surface area contributed by atoms with Crippen LogP contribution in [-0.2, 0) is 14.4 Å². The predicted molar refractivity (Wildman–Crippen MR) is 137 cm³/mol. The van der Waals surface area contributed by atoms with Gasteiger partial charge in [0.15, 0.2) is 18.1 Å². The quantitative estimate of drug-likeness (QED) is 0.289. The molecular weight excluding hydrogens is 565 g/mol. The van der Waals surface area contributed by atoms with Gasteiger partial charge in [-0.15, -0.1) is 0 Å². The summed E-state index contributed by atoms with van der Waals surface area (Å²) in [6.07, 6.45) is 4.78. The predicted octanol–water partition coefficient (Wildman–Crippen LogP) is 3.72. The Labute approximate surface area is 216 Å². The number of urea groups is 1. The Morgan fingerprint density at radius 1 is 1.17 bits per heavy atom. The smallest absolute Gasteiger partial charge is 0.331 e. The van der Waals surface area contributed by atoms with Gasteiger partial charge in [-0.05, 0) is 71.3 Å². The first-order valence-corrected chi connectivity index (χ1v) is 12.2. The number of rotatable bonds is 7. The van der Waals surface area contributed by atoms with Crippen molar-refractivity contribution in [1.82, 2.24) is 10.2 Å². The molecule has 0 radical (unpaired) electrons. The molecule has 4 rings (SSSR count). The summed E-state index contributed by atoms with van der Waals surface area (Å²) in [5.74, 6) is -0.968. The summed E-state index contributed by atoms with van der Waals surface area (Å²) in [5, 5.41) is 5.02. The van der Waals surface area contributed by atoms with Crippen LogP contribution in [0.25, 0.3) is 6.08 Å². The molecule has 1 saturated carbocycles. The number of halogens is 1. The van der Waals surface area contributed by atoms with Crippen molar-refractivity contribution in [2.45, 2.75) is 31.7 Å². The molecule has 0 unspecified atom stereocenters. The molecule has 2 fully saturated rings. The highest BCUT2D eigenvalue weighted by Crippen LogP contribution is 2.35. The number of nitrogens with one attached hydrogen (secondary N) is 2. The Morgan fingerprint density at radius 2 is 1.89 bits per heavy atom. The zero-order valence-electron chi connectivity index (χ0n) is 19.0. The van der Waals surface area contributed by atoms with E-state index in [1.165, 1.54) is 13.2 Å². The van der Waals surface area contributed by atoms with Crippen molar-refractivity contribution in [2.75, 3.05) is 19.0 Å². The van der Waals surface area contributed by atoms with Gasteiger partial charge in [-0.1, -0.05) is 31.0 Å². The maximum Gasteiger partial charge on any atom is 0.331 e. The number of imide groups is 2. The van der Waals surface area contributed by atoms with Crippen molar-refractivity contribution in [1.29, 1.82) is 0 Å². The van der Waals surface area contributed by atoms with Crippen LogP contribution in [0.1, 0.15) is 31.2 Å². The first-order chi connectivity index (χ1) is 16.9. The summed E-state index contributed by atoms with van der Waals surface area (Å²) in [4.78, 5) is 51.2. The number of ether oxygens (including phenoxy) is 2. The minimum atomic E-state index is -0.735. The summed E-state index contributed by atoms with van der Waals surface area (Å²) in [7, 11) is 1.46. The van der Waals surface area contributed by atoms with E-state index in [1.54, 1.807) is 24.3 Å². The molecule has 1 saturated heterocycles. The SMILES string of the molecule is COc1cc(/C=C2\C(=O)NC(=O)N(C3CCCC3)C2=O)cc(I)c1OCC(=O)Nc1ccccc1. The van der Waals surface area contributed by atoms with Crippen LogP contribution in [0, 0.1) is 3.57 Å². The highest BCUT2D eigenvalue weighted by Gasteiger charge is 2.40. The van der Waals surface area contributed by atoms with Crippen LogP contribution in [0.5, 0.6) is 11.5 Å². The zero-order chi connectivity index (χ0) is 24.9. The molecule has 0 atom stereocenters. The summed E-state index contributed by atoms with van der Waals surface area (Å²) in [6.45, 7) is -0.235. The first-order valence-electron chi connectivity index (χ1n) is 11.1. The zero-order valence-corrected chi connectivity index (χ0v) is 21.2. The van der Waals surface area contributed by atoms with Crippen LogP contribution in [-0.4, -0.2) is 48.4 Å². The number of nitrogens with zero attached hydrogens (tertiary/aromatic N) is 1. The fraction of sp³-hybridized carbons (Fsp3) is 0.280. The minimum absolute atomic E-state index is 0.120. The Morgan fingerprint density at radius 3 is 2.57 bits per heavy atom. The molecule has 182 valence electrons. The number of hydrogen-bond donors (Lipinski definition) is 2. The van der Waals surface area contributed by atoms with Gasteiger partial charge < -0.3 is 14.8 Å². The van der Waals surface area contributed by atoms with Gasteiger partial charge in [0, 0.05) is 11.7 Å². The van der Waals surface area contributed by atoms with E-state index in [-0.39, 0.29) is 24.1 Å². The molecule has 0 spiro atoms. The summed E-state index contributed by atoms with van der Waals surface area (Å²) in [5.41, 5.74) is 1.06. The number of hydrogen-bond acceptors (Lipinski definition) is 6. The van der Waals surface area contributed by atoms with Gasteiger partial charge in [0.1, 0.15) is 5.57 Å². The number of carbonyl (C=O) groups excluding carboxylic acids is 4. The summed E-state index contributed by atoms with van der Waals surface area (Å²) >= 11 is 2.03. The third-order valence-electron chi connectivity index (χ3n) is 5.79. The molecule has 0 aromatic heterocycles. The van der Waals surface area contributed by atoms with Gasteiger partial charge in [0.25, 0.3) is 17.7 Å². The number of benzene rings is 2. The third-order valence-corrected chi connectivity index (χ3v) is 6.59. The van der Waals surface area contributed by atoms with Crippen molar-refractivity contribution >= 4 is 58.1 Å². The molecular formula is C25H24IN3O6. The summed E-state index contributed by atoms with van der Waals surface area (Å²) in [6, 6.07) is 11.5. The fourth-order valence-electron chi connectivity index (χ4n) is 4.15. The normalized spacial score (nSPS) is 17.5. The van der Waals surface area contributed by atoms with Crippen molar-refractivity contribution in [2.24, 2.45) is 0 Å². The highest BCUT2D eigenvalue weighted by atomic mass is 127. The van der Waals surface area contributed by atoms with E-state index < -0.39 is 17.8 Å². The van der Waals surface area contributed by atoms with Crippen LogP contribution in [0.2, 0.25) is 0 Å². The van der Waals surface area contributed by atoms with E-state index >= 15 is 0 Å². The lowest BCUT2D eigenvalue weighted by Gasteiger charge is -2.31. The standard InChI is InChI=1S/C25H24IN3O6/c1-34-20-13-15(11-18-23(31)28-25(33)29(24(18)32)17-9-5-6-10-17)12-19(26)22(20)35-14-21(30)27-16-7-3-2-4-8-16/h2-4,7-8,11-13,17H,5-6,9-10,14H2,1H3,(H,27,30)(H,28,31,33)/b18-11+. The number of para-hydroxylation sites is 1. The second-order valence-electron chi connectivity index (χ2n) is 8.17. The van der Waals surface area contributed by atoms with Gasteiger partial charge >= 0.3 is 6.03 Å². The van der Waals surface area contributed by atoms with E-state index in [4.69, 9.17) is 9.47 Å². The number of anilines is 1. The van der Waals surface area contributed by atoms with Gasteiger partial charge in [0.05, 0.1) is 10.7 Å². The molecule has 1 aliphatic carbocycles. The Kier molecular flexibility index (Phi) is 7.69. The minimum Gasteiger partial charge on any atom is -0.493 e. The van der Waals surface area contributed by atoms with Gasteiger partial charge in [0.2, 0.25) is 0 Å². The average Bonchev–Trinajstić information content (AvgIpc) is 3.35. The van der Waals surface area contributed by atoms with Crippen molar-refractivity contribution in [3.63, 3.8) is 0 Å². The van der Waals surface area contributed by atoms with Gasteiger partial charge in [-0.2, -0.15) is 0 Å². The molecule has 9 nitrogen and oxygen atoms in total. The van der Waals surface area contributed by atoms with Gasteiger partial charge in [-0.3, -0.25) is 24.6 Å². The maximum absolute atomic E-state index is 13.0. The Bertz CT molecular complexity index is 1190. The molecule has 5 amide bonds. The number of methoxy groups -OCH3 is 1. The molecule has 1 aliphatic heterocycles. The average molecular weight is 589 g/mol. The Balaban J connectivity index is 1.53. The van der Waals surface area contributed by atoms with E-state index in [0.717, 1.165) is 30.6 Å². The largest absolute Gasteiger partial charge is 0.493 e. The second-order valence-corrected chi connectivity index (χ2v) is 9.33. The van der Waals surface area contributed by atoms with Crippen LogP contribution in [0.4, 0.5) is 10.5 Å². The lowest BCUT2D eigenvalue weighted by atomic mass is 10.0. The van der Waals surface area contributed by atoms with Gasteiger partial charge in [-0.25, -0.2) is 4.79 Å². The molecule has 2 aliphatic rings. The number of barbiturate groups is 1. The Hall–Kier alpha value is -3.41.